The summed E-state index contributed by atoms with van der Waals surface area (Å²) in [6.07, 6.45) is 3.43. The number of nitrogens with one attached hydrogen (secondary N) is 1. The lowest BCUT2D eigenvalue weighted by atomic mass is 9.85. The zero-order valence-electron chi connectivity index (χ0n) is 10.8. The number of carbonyl (C=O) groups excluding carboxylic acids is 1. The van der Waals surface area contributed by atoms with Gasteiger partial charge >= 0.3 is 5.97 Å². The molecule has 1 aromatic rings. The third kappa shape index (κ3) is 3.55. The summed E-state index contributed by atoms with van der Waals surface area (Å²) in [5.74, 6) is -2.62. The van der Waals surface area contributed by atoms with E-state index in [1.807, 2.05) is 26.0 Å². The van der Waals surface area contributed by atoms with E-state index in [1.165, 1.54) is 6.92 Å². The van der Waals surface area contributed by atoms with Crippen LogP contribution in [0.1, 0.15) is 26.3 Å². The Morgan fingerprint density at radius 1 is 1.50 bits per heavy atom. The van der Waals surface area contributed by atoms with Crippen molar-refractivity contribution in [3.8, 4) is 0 Å². The maximum Gasteiger partial charge on any atom is 0.315 e. The average molecular weight is 250 g/mol. The van der Waals surface area contributed by atoms with E-state index < -0.39 is 17.8 Å². The van der Waals surface area contributed by atoms with Gasteiger partial charge in [0, 0.05) is 24.4 Å². The van der Waals surface area contributed by atoms with E-state index in [-0.39, 0.29) is 5.41 Å². The van der Waals surface area contributed by atoms with Crippen molar-refractivity contribution in [2.75, 3.05) is 6.54 Å². The summed E-state index contributed by atoms with van der Waals surface area (Å²) in [5, 5.41) is 11.4. The predicted molar refractivity (Wildman–Crippen MR) is 67.1 cm³/mol. The Hall–Kier alpha value is -1.91. The molecule has 0 aliphatic carbocycles. The van der Waals surface area contributed by atoms with E-state index >= 15 is 0 Å². The maximum absolute atomic E-state index is 11.6. The molecule has 1 atom stereocenters. The molecule has 0 bridgehead atoms. The van der Waals surface area contributed by atoms with E-state index in [9.17, 15) is 9.59 Å². The molecule has 0 radical (unpaired) electrons. The van der Waals surface area contributed by atoms with Gasteiger partial charge in [0.15, 0.2) is 0 Å². The van der Waals surface area contributed by atoms with Crippen LogP contribution in [0.5, 0.6) is 0 Å². The van der Waals surface area contributed by atoms with Gasteiger partial charge in [-0.1, -0.05) is 19.9 Å². The van der Waals surface area contributed by atoms with Crippen LogP contribution in [0, 0.1) is 5.92 Å². The number of hydrogen-bond acceptors (Lipinski definition) is 3. The number of aliphatic carboxylic acids is 1. The Balaban J connectivity index is 2.63. The third-order valence-corrected chi connectivity index (χ3v) is 2.91. The zero-order valence-corrected chi connectivity index (χ0v) is 10.8. The summed E-state index contributed by atoms with van der Waals surface area (Å²) < 4.78 is 0. The number of pyridine rings is 1. The van der Waals surface area contributed by atoms with E-state index in [0.717, 1.165) is 5.56 Å². The molecule has 0 fully saturated rings. The SMILES string of the molecule is CC(C(=O)O)C(=O)NCC(C)(C)c1cccnc1. The van der Waals surface area contributed by atoms with Crippen LogP contribution in [0.2, 0.25) is 0 Å². The quantitative estimate of drug-likeness (QED) is 0.769. The van der Waals surface area contributed by atoms with Gasteiger partial charge in [0.25, 0.3) is 0 Å². The number of carbonyl (C=O) groups is 2. The van der Waals surface area contributed by atoms with Crippen LogP contribution in [0.4, 0.5) is 0 Å². The van der Waals surface area contributed by atoms with Crippen molar-refractivity contribution in [1.82, 2.24) is 10.3 Å². The minimum atomic E-state index is -1.12. The number of aromatic nitrogens is 1. The fraction of sp³-hybridized carbons (Fsp3) is 0.462. The summed E-state index contributed by atoms with van der Waals surface area (Å²) in [7, 11) is 0. The summed E-state index contributed by atoms with van der Waals surface area (Å²) in [6, 6.07) is 3.76. The average Bonchev–Trinajstić information content (AvgIpc) is 2.36. The summed E-state index contributed by atoms with van der Waals surface area (Å²) in [4.78, 5) is 26.3. The third-order valence-electron chi connectivity index (χ3n) is 2.91. The lowest BCUT2D eigenvalue weighted by Crippen LogP contribution is -2.41. The van der Waals surface area contributed by atoms with Crippen molar-refractivity contribution in [2.45, 2.75) is 26.2 Å². The molecule has 2 N–H and O–H groups in total. The first kappa shape index (κ1) is 14.2. The highest BCUT2D eigenvalue weighted by Crippen LogP contribution is 2.20. The Kier molecular flexibility index (Phi) is 4.42. The Labute approximate surface area is 106 Å². The first-order valence-corrected chi connectivity index (χ1v) is 5.75. The van der Waals surface area contributed by atoms with Crippen LogP contribution in [0.3, 0.4) is 0 Å². The molecule has 0 aliphatic heterocycles. The minimum absolute atomic E-state index is 0.290. The van der Waals surface area contributed by atoms with Crippen LogP contribution in [0.25, 0.3) is 0 Å². The molecule has 0 aromatic carbocycles. The fourth-order valence-corrected chi connectivity index (χ4v) is 1.44. The van der Waals surface area contributed by atoms with Gasteiger partial charge in [-0.25, -0.2) is 0 Å². The monoisotopic (exact) mass is 250 g/mol. The van der Waals surface area contributed by atoms with Crippen molar-refractivity contribution >= 4 is 11.9 Å². The van der Waals surface area contributed by atoms with Crippen LogP contribution in [0.15, 0.2) is 24.5 Å². The van der Waals surface area contributed by atoms with Crippen molar-refractivity contribution in [3.63, 3.8) is 0 Å². The highest BCUT2D eigenvalue weighted by molar-refractivity contribution is 5.96. The van der Waals surface area contributed by atoms with Gasteiger partial charge < -0.3 is 10.4 Å². The molecule has 1 heterocycles. The Bertz CT molecular complexity index is 429. The molecule has 0 saturated heterocycles. The molecule has 1 aromatic heterocycles. The van der Waals surface area contributed by atoms with Gasteiger partial charge in [-0.05, 0) is 18.6 Å². The van der Waals surface area contributed by atoms with Gasteiger partial charge in [0.2, 0.25) is 5.91 Å². The molecule has 1 amide bonds. The highest BCUT2D eigenvalue weighted by Gasteiger charge is 2.25. The number of carboxylic acids is 1. The van der Waals surface area contributed by atoms with Gasteiger partial charge in [0.1, 0.15) is 5.92 Å². The van der Waals surface area contributed by atoms with Crippen molar-refractivity contribution < 1.29 is 14.7 Å². The second kappa shape index (κ2) is 5.62. The summed E-state index contributed by atoms with van der Waals surface area (Å²) >= 11 is 0. The molecular formula is C13H18N2O3. The highest BCUT2D eigenvalue weighted by atomic mass is 16.4. The molecule has 5 nitrogen and oxygen atoms in total. The lowest BCUT2D eigenvalue weighted by Gasteiger charge is -2.25. The normalized spacial score (nSPS) is 12.8. The molecule has 5 heteroatoms. The van der Waals surface area contributed by atoms with E-state index in [0.29, 0.717) is 6.54 Å². The maximum atomic E-state index is 11.6. The van der Waals surface area contributed by atoms with E-state index in [1.54, 1.807) is 12.4 Å². The van der Waals surface area contributed by atoms with E-state index in [4.69, 9.17) is 5.11 Å². The predicted octanol–water partition coefficient (Wildman–Crippen LogP) is 1.20. The van der Waals surface area contributed by atoms with Crippen LogP contribution in [-0.2, 0) is 15.0 Å². The minimum Gasteiger partial charge on any atom is -0.481 e. The van der Waals surface area contributed by atoms with Crippen LogP contribution < -0.4 is 5.32 Å². The topological polar surface area (TPSA) is 79.3 Å². The zero-order chi connectivity index (χ0) is 13.8. The number of nitrogens with zero attached hydrogens (tertiary/aromatic N) is 1. The molecule has 1 rings (SSSR count). The Morgan fingerprint density at radius 2 is 2.17 bits per heavy atom. The lowest BCUT2D eigenvalue weighted by molar-refractivity contribution is -0.146. The van der Waals surface area contributed by atoms with Crippen molar-refractivity contribution in [1.29, 1.82) is 0 Å². The van der Waals surface area contributed by atoms with Gasteiger partial charge in [-0.2, -0.15) is 0 Å². The van der Waals surface area contributed by atoms with Crippen LogP contribution in [-0.4, -0.2) is 28.5 Å². The van der Waals surface area contributed by atoms with Gasteiger partial charge in [-0.15, -0.1) is 0 Å². The first-order chi connectivity index (χ1) is 8.34. The molecule has 0 spiro atoms. The van der Waals surface area contributed by atoms with E-state index in [2.05, 4.69) is 10.3 Å². The summed E-state index contributed by atoms with van der Waals surface area (Å²) in [5.41, 5.74) is 0.704. The van der Waals surface area contributed by atoms with Crippen molar-refractivity contribution in [2.24, 2.45) is 5.92 Å². The number of rotatable bonds is 5. The van der Waals surface area contributed by atoms with Crippen LogP contribution >= 0.6 is 0 Å². The van der Waals surface area contributed by atoms with Crippen molar-refractivity contribution in [3.05, 3.63) is 30.1 Å². The molecule has 0 aliphatic rings. The van der Waals surface area contributed by atoms with Gasteiger partial charge in [0.05, 0.1) is 0 Å². The summed E-state index contributed by atoms with van der Waals surface area (Å²) in [6.45, 7) is 5.68. The second-order valence-corrected chi connectivity index (χ2v) is 4.90. The molecule has 98 valence electrons. The number of carboxylic acid groups (broad SMARTS) is 1. The first-order valence-electron chi connectivity index (χ1n) is 5.75. The number of hydrogen-bond donors (Lipinski definition) is 2. The molecule has 0 saturated carbocycles. The fourth-order valence-electron chi connectivity index (χ4n) is 1.44. The standard InChI is InChI=1S/C13H18N2O3/c1-9(12(17)18)11(16)15-8-13(2,3)10-5-4-6-14-7-10/h4-7,9H,8H2,1-3H3,(H,15,16)(H,17,18). The largest absolute Gasteiger partial charge is 0.481 e. The Morgan fingerprint density at radius 3 is 2.67 bits per heavy atom. The molecular weight excluding hydrogens is 232 g/mol. The molecule has 18 heavy (non-hydrogen) atoms. The smallest absolute Gasteiger partial charge is 0.315 e. The van der Waals surface area contributed by atoms with Gasteiger partial charge in [-0.3, -0.25) is 14.6 Å². The second-order valence-electron chi connectivity index (χ2n) is 4.90. The number of amides is 1. The molecule has 1 unspecified atom stereocenters.